The lowest BCUT2D eigenvalue weighted by atomic mass is 10.2. The van der Waals surface area contributed by atoms with E-state index in [1.807, 2.05) is 36.4 Å². The third-order valence-electron chi connectivity index (χ3n) is 4.35. The summed E-state index contributed by atoms with van der Waals surface area (Å²) in [4.78, 5) is 23.5. The number of anilines is 1. The first kappa shape index (κ1) is 18.8. The summed E-state index contributed by atoms with van der Waals surface area (Å²) in [5.74, 6) is 2.06. The van der Waals surface area contributed by atoms with Crippen LogP contribution in [0.25, 0.3) is 0 Å². The number of pyridine rings is 2. The number of nitrogens with one attached hydrogen (secondary N) is 1. The smallest absolute Gasteiger partial charge is 0.270 e. The van der Waals surface area contributed by atoms with E-state index in [0.717, 1.165) is 0 Å². The van der Waals surface area contributed by atoms with Crippen LogP contribution in [-0.4, -0.2) is 40.6 Å². The van der Waals surface area contributed by atoms with Gasteiger partial charge in [-0.1, -0.05) is 30.4 Å². The van der Waals surface area contributed by atoms with E-state index in [0.29, 0.717) is 28.1 Å². The average molecular weight is 406 g/mol. The van der Waals surface area contributed by atoms with Crippen molar-refractivity contribution in [1.82, 2.24) is 15.3 Å². The molecule has 7 nitrogen and oxygen atoms in total. The van der Waals surface area contributed by atoms with Crippen LogP contribution in [0.3, 0.4) is 0 Å². The van der Waals surface area contributed by atoms with Crippen molar-refractivity contribution in [3.05, 3.63) is 72.7 Å². The van der Waals surface area contributed by atoms with Crippen LogP contribution in [-0.2, 0) is 0 Å². The largest absolute Gasteiger partial charge is 0.487 e. The van der Waals surface area contributed by atoms with Gasteiger partial charge in [0, 0.05) is 25.5 Å². The lowest BCUT2D eigenvalue weighted by Gasteiger charge is -2.22. The van der Waals surface area contributed by atoms with Gasteiger partial charge in [-0.25, -0.2) is 4.98 Å². The number of carbonyl (C=O) groups is 1. The molecule has 3 heterocycles. The summed E-state index contributed by atoms with van der Waals surface area (Å²) in [6, 6.07) is 15.7. The van der Waals surface area contributed by atoms with Gasteiger partial charge in [0.15, 0.2) is 11.6 Å². The van der Waals surface area contributed by atoms with Gasteiger partial charge < -0.3 is 19.7 Å². The first-order valence-electron chi connectivity index (χ1n) is 8.97. The highest BCUT2D eigenvalue weighted by molar-refractivity contribution is 7.80. The Bertz CT molecular complexity index is 1040. The van der Waals surface area contributed by atoms with Gasteiger partial charge in [0.1, 0.15) is 34.8 Å². The Morgan fingerprint density at radius 1 is 1.14 bits per heavy atom. The van der Waals surface area contributed by atoms with Gasteiger partial charge in [0.2, 0.25) is 0 Å². The van der Waals surface area contributed by atoms with E-state index in [4.69, 9.17) is 21.7 Å². The quantitative estimate of drug-likeness (QED) is 0.667. The number of amides is 1. The average Bonchev–Trinajstić information content (AvgIpc) is 2.87. The fourth-order valence-corrected chi connectivity index (χ4v) is 3.10. The number of hydrogen-bond acceptors (Lipinski definition) is 6. The normalized spacial score (nSPS) is 15.7. The van der Waals surface area contributed by atoms with Crippen LogP contribution >= 0.6 is 12.2 Å². The molecule has 0 unspecified atom stereocenters. The summed E-state index contributed by atoms with van der Waals surface area (Å²) >= 11 is 5.54. The SMILES string of the molecule is CN1C(=S)[C@@H](NC(=O)c2cc(Oc3ccccc3)ccn2)COc2cccnc21. The molecule has 1 amide bonds. The van der Waals surface area contributed by atoms with E-state index >= 15 is 0 Å². The number of aromatic nitrogens is 2. The molecular weight excluding hydrogens is 388 g/mol. The molecule has 0 radical (unpaired) electrons. The number of carbonyl (C=O) groups excluding carboxylic acids is 1. The lowest BCUT2D eigenvalue weighted by molar-refractivity contribution is 0.0932. The number of fused-ring (bicyclic) bond motifs is 1. The number of thiocarbonyl (C=S) groups is 1. The minimum Gasteiger partial charge on any atom is -0.487 e. The molecule has 1 N–H and O–H groups in total. The Hall–Kier alpha value is -3.52. The summed E-state index contributed by atoms with van der Waals surface area (Å²) in [5.41, 5.74) is 0.226. The van der Waals surface area contributed by atoms with Crippen LogP contribution in [0.1, 0.15) is 10.5 Å². The molecule has 0 bridgehead atoms. The van der Waals surface area contributed by atoms with Crippen molar-refractivity contribution in [2.24, 2.45) is 0 Å². The van der Waals surface area contributed by atoms with E-state index in [2.05, 4.69) is 15.3 Å². The third-order valence-corrected chi connectivity index (χ3v) is 4.91. The molecule has 29 heavy (non-hydrogen) atoms. The van der Waals surface area contributed by atoms with E-state index < -0.39 is 6.04 Å². The molecule has 3 aromatic rings. The molecule has 2 aromatic heterocycles. The lowest BCUT2D eigenvalue weighted by Crippen LogP contribution is -2.48. The van der Waals surface area contributed by atoms with Crippen LogP contribution in [0, 0.1) is 0 Å². The number of likely N-dealkylation sites (N-methyl/N-ethyl adjacent to an activating group) is 1. The van der Waals surface area contributed by atoms with Crippen LogP contribution in [0.2, 0.25) is 0 Å². The van der Waals surface area contributed by atoms with Gasteiger partial charge in [-0.3, -0.25) is 9.78 Å². The Kier molecular flexibility index (Phi) is 5.35. The van der Waals surface area contributed by atoms with Gasteiger partial charge in [-0.2, -0.15) is 0 Å². The summed E-state index contributed by atoms with van der Waals surface area (Å²) in [6.45, 7) is 0.202. The molecule has 0 spiro atoms. The second kappa shape index (κ2) is 8.24. The molecule has 0 saturated carbocycles. The molecule has 0 saturated heterocycles. The van der Waals surface area contributed by atoms with Gasteiger partial charge in [-0.05, 0) is 30.3 Å². The van der Waals surface area contributed by atoms with Gasteiger partial charge in [0.25, 0.3) is 5.91 Å². The van der Waals surface area contributed by atoms with Crippen molar-refractivity contribution in [2.75, 3.05) is 18.6 Å². The van der Waals surface area contributed by atoms with Crippen LogP contribution < -0.4 is 19.7 Å². The van der Waals surface area contributed by atoms with Crippen LogP contribution in [0.4, 0.5) is 5.82 Å². The zero-order chi connectivity index (χ0) is 20.2. The highest BCUT2D eigenvalue weighted by Crippen LogP contribution is 2.28. The molecule has 1 atom stereocenters. The van der Waals surface area contributed by atoms with Crippen molar-refractivity contribution in [3.8, 4) is 17.2 Å². The Balaban J connectivity index is 1.48. The number of ether oxygens (including phenoxy) is 2. The predicted molar refractivity (Wildman–Crippen MR) is 113 cm³/mol. The van der Waals surface area contributed by atoms with Gasteiger partial charge in [0.05, 0.1) is 0 Å². The Morgan fingerprint density at radius 3 is 2.79 bits per heavy atom. The molecule has 1 aromatic carbocycles. The van der Waals surface area contributed by atoms with Gasteiger partial charge in [-0.15, -0.1) is 0 Å². The van der Waals surface area contributed by atoms with Gasteiger partial charge >= 0.3 is 0 Å². The van der Waals surface area contributed by atoms with Crippen LogP contribution in [0.15, 0.2) is 67.0 Å². The topological polar surface area (TPSA) is 76.6 Å². The molecule has 8 heteroatoms. The minimum atomic E-state index is -0.503. The highest BCUT2D eigenvalue weighted by Gasteiger charge is 2.28. The zero-order valence-electron chi connectivity index (χ0n) is 15.6. The standard InChI is InChI=1S/C21H18N4O3S/c1-25-19-18(8-5-10-23-19)27-13-17(21(25)29)24-20(26)16-12-15(9-11-22-16)28-14-6-3-2-4-7-14/h2-12,17H,13H2,1H3,(H,24,26)/t17-/m0/s1. The molecule has 0 aliphatic carbocycles. The number of nitrogens with zero attached hydrogens (tertiary/aromatic N) is 3. The van der Waals surface area contributed by atoms with Crippen molar-refractivity contribution in [2.45, 2.75) is 6.04 Å². The van der Waals surface area contributed by atoms with Crippen molar-refractivity contribution in [1.29, 1.82) is 0 Å². The predicted octanol–water partition coefficient (Wildman–Crippen LogP) is 3.22. The molecule has 0 fully saturated rings. The van der Waals surface area contributed by atoms with Crippen molar-refractivity contribution < 1.29 is 14.3 Å². The molecule has 1 aliphatic heterocycles. The second-order valence-electron chi connectivity index (χ2n) is 6.35. The van der Waals surface area contributed by atoms with E-state index in [9.17, 15) is 4.79 Å². The van der Waals surface area contributed by atoms with Crippen molar-refractivity contribution in [3.63, 3.8) is 0 Å². The van der Waals surface area contributed by atoms with Crippen molar-refractivity contribution >= 4 is 28.9 Å². The maximum Gasteiger partial charge on any atom is 0.270 e. The molecular formula is C21H18N4O3S. The minimum absolute atomic E-state index is 0.202. The maximum absolute atomic E-state index is 12.8. The first-order chi connectivity index (χ1) is 14.1. The number of benzene rings is 1. The Labute approximate surface area is 173 Å². The maximum atomic E-state index is 12.8. The summed E-state index contributed by atoms with van der Waals surface area (Å²) in [6.07, 6.45) is 3.20. The highest BCUT2D eigenvalue weighted by atomic mass is 32.1. The number of para-hydroxylation sites is 1. The fourth-order valence-electron chi connectivity index (χ4n) is 2.89. The van der Waals surface area contributed by atoms with E-state index in [1.165, 1.54) is 6.20 Å². The number of hydrogen-bond donors (Lipinski definition) is 1. The van der Waals surface area contributed by atoms with Crippen LogP contribution in [0.5, 0.6) is 17.2 Å². The van der Waals surface area contributed by atoms with E-state index in [1.54, 1.807) is 36.3 Å². The fraction of sp³-hybridized carbons (Fsp3) is 0.143. The second-order valence-corrected chi connectivity index (χ2v) is 6.77. The molecule has 1 aliphatic rings. The summed E-state index contributed by atoms with van der Waals surface area (Å²) < 4.78 is 11.6. The molecule has 146 valence electrons. The monoisotopic (exact) mass is 406 g/mol. The summed E-state index contributed by atoms with van der Waals surface area (Å²) in [7, 11) is 1.80. The summed E-state index contributed by atoms with van der Waals surface area (Å²) in [5, 5.41) is 2.89. The first-order valence-corrected chi connectivity index (χ1v) is 9.38. The Morgan fingerprint density at radius 2 is 1.97 bits per heavy atom. The number of rotatable bonds is 4. The third kappa shape index (κ3) is 4.17. The molecule has 4 rings (SSSR count). The zero-order valence-corrected chi connectivity index (χ0v) is 16.4. The van der Waals surface area contributed by atoms with E-state index in [-0.39, 0.29) is 18.2 Å².